The Kier molecular flexibility index (Phi) is 4.71. The number of phenolic OH excluding ortho intramolecular Hbond substituents is 1. The van der Waals surface area contributed by atoms with Gasteiger partial charge in [-0.3, -0.25) is 0 Å². The highest BCUT2D eigenvalue weighted by Crippen LogP contribution is 2.46. The van der Waals surface area contributed by atoms with E-state index in [2.05, 4.69) is 11.9 Å². The zero-order chi connectivity index (χ0) is 18.8. The average Bonchev–Trinajstić information content (AvgIpc) is 2.65. The molecule has 1 unspecified atom stereocenters. The molecule has 138 valence electrons. The number of phenols is 1. The summed E-state index contributed by atoms with van der Waals surface area (Å²) in [5.41, 5.74) is 2.22. The second-order valence-electron chi connectivity index (χ2n) is 5.62. The van der Waals surface area contributed by atoms with E-state index in [1.54, 1.807) is 45.6 Å². The van der Waals surface area contributed by atoms with Crippen molar-refractivity contribution in [2.75, 3.05) is 33.8 Å². The predicted molar refractivity (Wildman–Crippen MR) is 96.4 cm³/mol. The van der Waals surface area contributed by atoms with Gasteiger partial charge in [-0.2, -0.15) is 0 Å². The van der Waals surface area contributed by atoms with Gasteiger partial charge < -0.3 is 34.1 Å². The van der Waals surface area contributed by atoms with Gasteiger partial charge in [-0.05, 0) is 24.8 Å². The molecule has 7 nitrogen and oxygen atoms in total. The van der Waals surface area contributed by atoms with Crippen molar-refractivity contribution in [2.24, 2.45) is 0 Å². The van der Waals surface area contributed by atoms with Gasteiger partial charge in [0.25, 0.3) is 0 Å². The van der Waals surface area contributed by atoms with Crippen molar-refractivity contribution in [1.29, 1.82) is 0 Å². The number of hydrogen-bond donors (Lipinski definition) is 2. The molecule has 1 aliphatic heterocycles. The Morgan fingerprint density at radius 1 is 0.923 bits per heavy atom. The van der Waals surface area contributed by atoms with Crippen LogP contribution in [0.5, 0.6) is 28.7 Å². The van der Waals surface area contributed by atoms with E-state index in [-0.39, 0.29) is 5.75 Å². The lowest BCUT2D eigenvalue weighted by molar-refractivity contribution is 0.147. The molecule has 0 aliphatic carbocycles. The van der Waals surface area contributed by atoms with Crippen LogP contribution >= 0.6 is 0 Å². The molecule has 7 heteroatoms. The topological polar surface area (TPSA) is 78.4 Å². The van der Waals surface area contributed by atoms with E-state index in [9.17, 15) is 5.11 Å². The Morgan fingerprint density at radius 2 is 1.54 bits per heavy atom. The smallest absolute Gasteiger partial charge is 0.203 e. The van der Waals surface area contributed by atoms with Crippen LogP contribution in [0.15, 0.2) is 36.7 Å². The lowest BCUT2D eigenvalue weighted by atomic mass is 9.97. The van der Waals surface area contributed by atoms with Crippen molar-refractivity contribution in [3.8, 4) is 28.7 Å². The molecule has 0 spiro atoms. The molecule has 2 aromatic carbocycles. The van der Waals surface area contributed by atoms with Crippen LogP contribution in [0.3, 0.4) is 0 Å². The number of rotatable bonds is 5. The third-order valence-corrected chi connectivity index (χ3v) is 4.16. The zero-order valence-corrected chi connectivity index (χ0v) is 15.1. The second-order valence-corrected chi connectivity index (χ2v) is 5.62. The van der Waals surface area contributed by atoms with Crippen molar-refractivity contribution in [1.82, 2.24) is 0 Å². The number of nitrogens with one attached hydrogen (secondary N) is 1. The number of fused-ring (bicyclic) bond motifs is 1. The summed E-state index contributed by atoms with van der Waals surface area (Å²) in [4.78, 5) is 0. The summed E-state index contributed by atoms with van der Waals surface area (Å²) in [6, 6.07) is 6.90. The summed E-state index contributed by atoms with van der Waals surface area (Å²) in [6.45, 7) is 3.86. The van der Waals surface area contributed by atoms with E-state index in [1.165, 1.54) is 7.11 Å². The molecule has 26 heavy (non-hydrogen) atoms. The fourth-order valence-corrected chi connectivity index (χ4v) is 2.96. The van der Waals surface area contributed by atoms with Gasteiger partial charge in [0.05, 0.1) is 34.1 Å². The maximum atomic E-state index is 10.2. The highest BCUT2D eigenvalue weighted by atomic mass is 16.5. The van der Waals surface area contributed by atoms with Crippen molar-refractivity contribution in [2.45, 2.75) is 6.10 Å². The lowest BCUT2D eigenvalue weighted by Gasteiger charge is -2.30. The molecule has 0 saturated carbocycles. The molecule has 0 radical (unpaired) electrons. The average molecular weight is 359 g/mol. The van der Waals surface area contributed by atoms with Crippen LogP contribution < -0.4 is 24.3 Å². The first-order valence-corrected chi connectivity index (χ1v) is 7.85. The van der Waals surface area contributed by atoms with E-state index in [0.29, 0.717) is 28.9 Å². The first-order valence-electron chi connectivity index (χ1n) is 7.85. The summed E-state index contributed by atoms with van der Waals surface area (Å²) in [5, 5.41) is 13.2. The maximum absolute atomic E-state index is 10.2. The Morgan fingerprint density at radius 3 is 2.08 bits per heavy atom. The van der Waals surface area contributed by atoms with Gasteiger partial charge in [0, 0.05) is 17.2 Å². The Hall–Kier alpha value is -3.22. The van der Waals surface area contributed by atoms with Crippen molar-refractivity contribution in [3.63, 3.8) is 0 Å². The fraction of sp³-hybridized carbons (Fsp3) is 0.263. The summed E-state index contributed by atoms with van der Waals surface area (Å²) >= 11 is 0. The summed E-state index contributed by atoms with van der Waals surface area (Å²) in [7, 11) is 6.14. The first kappa shape index (κ1) is 17.6. The van der Waals surface area contributed by atoms with Gasteiger partial charge in [-0.1, -0.05) is 0 Å². The predicted octanol–water partition coefficient (Wildman–Crippen LogP) is 3.43. The van der Waals surface area contributed by atoms with Gasteiger partial charge in [-0.15, -0.1) is 0 Å². The molecule has 2 aromatic rings. The van der Waals surface area contributed by atoms with Gasteiger partial charge in [-0.25, -0.2) is 0 Å². The Labute approximate surface area is 151 Å². The third kappa shape index (κ3) is 2.92. The van der Waals surface area contributed by atoms with Crippen molar-refractivity contribution < 1.29 is 28.8 Å². The van der Waals surface area contributed by atoms with E-state index >= 15 is 0 Å². The standard InChI is InChI=1S/C19H21NO6/c1-10-20-13-9-15(22-2)14(21)8-12(13)18(26-10)11-6-16(23-3)19(25-5)17(7-11)24-4/h6-9,18,20-21H,1H2,2-5H3. The van der Waals surface area contributed by atoms with E-state index in [1.807, 2.05) is 0 Å². The normalized spacial score (nSPS) is 15.4. The highest BCUT2D eigenvalue weighted by Gasteiger charge is 2.29. The maximum Gasteiger partial charge on any atom is 0.203 e. The number of methoxy groups -OCH3 is 4. The Balaban J connectivity index is 2.16. The monoisotopic (exact) mass is 359 g/mol. The molecule has 1 aliphatic rings. The lowest BCUT2D eigenvalue weighted by Crippen LogP contribution is -2.18. The van der Waals surface area contributed by atoms with Crippen LogP contribution in [0.4, 0.5) is 5.69 Å². The van der Waals surface area contributed by atoms with Crippen LogP contribution in [0.2, 0.25) is 0 Å². The molecule has 1 heterocycles. The van der Waals surface area contributed by atoms with Crippen LogP contribution in [0.1, 0.15) is 17.2 Å². The van der Waals surface area contributed by atoms with Gasteiger partial charge in [0.1, 0.15) is 0 Å². The van der Waals surface area contributed by atoms with Gasteiger partial charge in [0.15, 0.2) is 35.0 Å². The van der Waals surface area contributed by atoms with E-state index < -0.39 is 6.10 Å². The minimum absolute atomic E-state index is 0.0154. The molecule has 2 N–H and O–H groups in total. The number of aromatic hydroxyl groups is 1. The van der Waals surface area contributed by atoms with Gasteiger partial charge >= 0.3 is 0 Å². The first-order chi connectivity index (χ1) is 12.5. The highest BCUT2D eigenvalue weighted by molar-refractivity contribution is 5.66. The number of anilines is 1. The fourth-order valence-electron chi connectivity index (χ4n) is 2.96. The minimum Gasteiger partial charge on any atom is -0.504 e. The van der Waals surface area contributed by atoms with Crippen molar-refractivity contribution in [3.05, 3.63) is 47.9 Å². The summed E-state index contributed by atoms with van der Waals surface area (Å²) < 4.78 is 27.3. The zero-order valence-electron chi connectivity index (χ0n) is 15.1. The van der Waals surface area contributed by atoms with Crippen LogP contribution in [0, 0.1) is 0 Å². The number of ether oxygens (including phenoxy) is 5. The molecule has 0 saturated heterocycles. The molecular weight excluding hydrogens is 338 g/mol. The molecular formula is C19H21NO6. The van der Waals surface area contributed by atoms with E-state index in [0.717, 1.165) is 16.8 Å². The van der Waals surface area contributed by atoms with Crippen molar-refractivity contribution >= 4 is 5.69 Å². The SMILES string of the molecule is C=C1Nc2cc(OC)c(O)cc2C(c2cc(OC)c(OC)c(OC)c2)O1. The minimum atomic E-state index is -0.524. The quantitative estimate of drug-likeness (QED) is 0.792. The molecule has 3 rings (SSSR count). The second kappa shape index (κ2) is 6.95. The van der Waals surface area contributed by atoms with Crippen LogP contribution in [-0.2, 0) is 4.74 Å². The van der Waals surface area contributed by atoms with Crippen LogP contribution in [-0.4, -0.2) is 33.5 Å². The molecule has 0 bridgehead atoms. The Bertz CT molecular complexity index is 823. The van der Waals surface area contributed by atoms with Crippen LogP contribution in [0.25, 0.3) is 0 Å². The number of hydrogen-bond acceptors (Lipinski definition) is 7. The largest absolute Gasteiger partial charge is 0.504 e. The summed E-state index contributed by atoms with van der Waals surface area (Å²) in [5.74, 6) is 2.26. The third-order valence-electron chi connectivity index (χ3n) is 4.16. The van der Waals surface area contributed by atoms with Gasteiger partial charge in [0.2, 0.25) is 5.75 Å². The molecule has 0 amide bonds. The molecule has 1 atom stereocenters. The molecule has 0 fully saturated rings. The number of benzene rings is 2. The summed E-state index contributed by atoms with van der Waals surface area (Å²) in [6.07, 6.45) is -0.524. The van der Waals surface area contributed by atoms with E-state index in [4.69, 9.17) is 23.7 Å². The molecule has 0 aromatic heterocycles.